The van der Waals surface area contributed by atoms with Gasteiger partial charge in [-0.15, -0.1) is 0 Å². The van der Waals surface area contributed by atoms with E-state index >= 15 is 0 Å². The van der Waals surface area contributed by atoms with Crippen LogP contribution in [0.1, 0.15) is 42.7 Å². The Hall–Kier alpha value is -3.29. The number of halogens is 1. The van der Waals surface area contributed by atoms with Crippen LogP contribution in [0.3, 0.4) is 0 Å². The molecule has 0 radical (unpaired) electrons. The van der Waals surface area contributed by atoms with E-state index in [0.29, 0.717) is 36.7 Å². The molecule has 7 nitrogen and oxygen atoms in total. The molecule has 1 fully saturated rings. The summed E-state index contributed by atoms with van der Waals surface area (Å²) in [5.41, 5.74) is 0.432. The fourth-order valence-electron chi connectivity index (χ4n) is 3.95. The van der Waals surface area contributed by atoms with E-state index in [2.05, 4.69) is 10.1 Å². The number of rotatable bonds is 5. The van der Waals surface area contributed by atoms with Gasteiger partial charge in [0.25, 0.3) is 5.56 Å². The lowest BCUT2D eigenvalue weighted by Gasteiger charge is -2.32. The zero-order valence-corrected chi connectivity index (χ0v) is 17.0. The van der Waals surface area contributed by atoms with Gasteiger partial charge in [-0.2, -0.15) is 5.10 Å². The zero-order valence-electron chi connectivity index (χ0n) is 17.0. The van der Waals surface area contributed by atoms with Crippen molar-refractivity contribution in [1.29, 1.82) is 0 Å². The van der Waals surface area contributed by atoms with Gasteiger partial charge in [0, 0.05) is 19.0 Å². The molecule has 1 aromatic carbocycles. The van der Waals surface area contributed by atoms with E-state index < -0.39 is 5.54 Å². The van der Waals surface area contributed by atoms with E-state index in [4.69, 9.17) is 4.42 Å². The van der Waals surface area contributed by atoms with Crippen molar-refractivity contribution in [3.8, 4) is 0 Å². The first-order valence-corrected chi connectivity index (χ1v) is 9.90. The fraction of sp³-hybridized carbons (Fsp3) is 0.364. The Morgan fingerprint density at radius 2 is 2.13 bits per heavy atom. The van der Waals surface area contributed by atoms with Crippen LogP contribution in [0.4, 0.5) is 4.39 Å². The average Bonchev–Trinajstić information content (AvgIpc) is 3.32. The van der Waals surface area contributed by atoms with Gasteiger partial charge < -0.3 is 9.32 Å². The topological polar surface area (TPSA) is 81.2 Å². The summed E-state index contributed by atoms with van der Waals surface area (Å²) in [6.07, 6.45) is 3.55. The van der Waals surface area contributed by atoms with E-state index in [-0.39, 0.29) is 23.8 Å². The standard InChI is InChI=1S/C22H23FN4O3/c1-15-7-8-19(28)27(25-15)14-20(29)26-10-4-9-22(26,2)21-24-13-18(30-21)12-16-5-3-6-17(23)11-16/h3,5-8,11,13H,4,9-10,12,14H2,1-2H3/t22-/m1/s1. The second kappa shape index (κ2) is 7.85. The molecule has 1 aliphatic rings. The van der Waals surface area contributed by atoms with Crippen LogP contribution in [0, 0.1) is 12.7 Å². The highest BCUT2D eigenvalue weighted by atomic mass is 19.1. The highest BCUT2D eigenvalue weighted by molar-refractivity contribution is 5.77. The fourth-order valence-corrected chi connectivity index (χ4v) is 3.95. The number of carbonyl (C=O) groups is 1. The summed E-state index contributed by atoms with van der Waals surface area (Å²) in [6, 6.07) is 9.36. The highest BCUT2D eigenvalue weighted by Gasteiger charge is 2.44. The van der Waals surface area contributed by atoms with Crippen molar-refractivity contribution in [2.75, 3.05) is 6.54 Å². The van der Waals surface area contributed by atoms with E-state index in [1.54, 1.807) is 30.2 Å². The van der Waals surface area contributed by atoms with Crippen molar-refractivity contribution in [1.82, 2.24) is 19.7 Å². The molecule has 0 unspecified atom stereocenters. The molecule has 0 spiro atoms. The first-order chi connectivity index (χ1) is 14.3. The Morgan fingerprint density at radius 3 is 2.93 bits per heavy atom. The van der Waals surface area contributed by atoms with Crippen molar-refractivity contribution >= 4 is 5.91 Å². The molecule has 2 aromatic heterocycles. The van der Waals surface area contributed by atoms with Gasteiger partial charge in [0.15, 0.2) is 0 Å². The van der Waals surface area contributed by atoms with E-state index in [1.807, 2.05) is 13.0 Å². The van der Waals surface area contributed by atoms with Crippen molar-refractivity contribution in [2.24, 2.45) is 0 Å². The van der Waals surface area contributed by atoms with Crippen molar-refractivity contribution in [2.45, 2.75) is 45.2 Å². The molecular weight excluding hydrogens is 387 g/mol. The predicted molar refractivity (Wildman–Crippen MR) is 107 cm³/mol. The molecule has 1 saturated heterocycles. The first-order valence-electron chi connectivity index (χ1n) is 9.90. The minimum atomic E-state index is -0.704. The Balaban J connectivity index is 1.54. The summed E-state index contributed by atoms with van der Waals surface area (Å²) in [5, 5.41) is 4.15. The van der Waals surface area contributed by atoms with Crippen LogP contribution in [0.15, 0.2) is 51.8 Å². The van der Waals surface area contributed by atoms with Gasteiger partial charge in [-0.05, 0) is 50.5 Å². The summed E-state index contributed by atoms with van der Waals surface area (Å²) in [4.78, 5) is 31.2. The number of likely N-dealkylation sites (tertiary alicyclic amines) is 1. The third-order valence-corrected chi connectivity index (χ3v) is 5.51. The third-order valence-electron chi connectivity index (χ3n) is 5.51. The minimum absolute atomic E-state index is 0.132. The first kappa shape index (κ1) is 20.0. The van der Waals surface area contributed by atoms with Gasteiger partial charge in [-0.1, -0.05) is 12.1 Å². The maximum absolute atomic E-state index is 13.4. The minimum Gasteiger partial charge on any atom is -0.443 e. The Labute approximate surface area is 173 Å². The van der Waals surface area contributed by atoms with Crippen LogP contribution in [-0.4, -0.2) is 32.1 Å². The van der Waals surface area contributed by atoms with E-state index in [1.165, 1.54) is 22.9 Å². The third kappa shape index (κ3) is 3.90. The molecule has 0 N–H and O–H groups in total. The highest BCUT2D eigenvalue weighted by Crippen LogP contribution is 2.38. The number of nitrogens with zero attached hydrogens (tertiary/aromatic N) is 4. The van der Waals surface area contributed by atoms with Gasteiger partial charge >= 0.3 is 0 Å². The second-order valence-electron chi connectivity index (χ2n) is 7.83. The van der Waals surface area contributed by atoms with Crippen molar-refractivity contribution in [3.63, 3.8) is 0 Å². The number of oxazole rings is 1. The van der Waals surface area contributed by atoms with Gasteiger partial charge in [0.2, 0.25) is 11.8 Å². The molecule has 3 heterocycles. The molecule has 1 aliphatic heterocycles. The average molecular weight is 410 g/mol. The summed E-state index contributed by atoms with van der Waals surface area (Å²) in [7, 11) is 0. The van der Waals surface area contributed by atoms with Gasteiger partial charge in [-0.25, -0.2) is 14.1 Å². The van der Waals surface area contributed by atoms with Crippen molar-refractivity contribution < 1.29 is 13.6 Å². The lowest BCUT2D eigenvalue weighted by Crippen LogP contribution is -2.45. The Kier molecular flexibility index (Phi) is 5.24. The number of aryl methyl sites for hydroxylation is 1. The van der Waals surface area contributed by atoms with Crippen LogP contribution in [0.5, 0.6) is 0 Å². The number of amides is 1. The zero-order chi connectivity index (χ0) is 21.3. The number of carbonyl (C=O) groups excluding carboxylic acids is 1. The molecule has 30 heavy (non-hydrogen) atoms. The Morgan fingerprint density at radius 1 is 1.30 bits per heavy atom. The molecule has 4 rings (SSSR count). The van der Waals surface area contributed by atoms with E-state index in [0.717, 1.165) is 12.0 Å². The molecular formula is C22H23FN4O3. The number of benzene rings is 1. The van der Waals surface area contributed by atoms with Crippen LogP contribution < -0.4 is 5.56 Å². The smallest absolute Gasteiger partial charge is 0.267 e. The summed E-state index contributed by atoms with van der Waals surface area (Å²) < 4.78 is 20.6. The van der Waals surface area contributed by atoms with Gasteiger partial charge in [-0.3, -0.25) is 9.59 Å². The van der Waals surface area contributed by atoms with Crippen molar-refractivity contribution in [3.05, 3.63) is 81.7 Å². The number of aromatic nitrogens is 3. The lowest BCUT2D eigenvalue weighted by atomic mass is 9.99. The molecule has 3 aromatic rings. The maximum Gasteiger partial charge on any atom is 0.267 e. The summed E-state index contributed by atoms with van der Waals surface area (Å²) in [6.45, 7) is 4.11. The SMILES string of the molecule is Cc1ccc(=O)n(CC(=O)N2CCC[C@]2(C)c2ncc(Cc3cccc(F)c3)o2)n1. The molecule has 1 amide bonds. The van der Waals surface area contributed by atoms with Gasteiger partial charge in [0.05, 0.1) is 11.9 Å². The monoisotopic (exact) mass is 410 g/mol. The summed E-state index contributed by atoms with van der Waals surface area (Å²) >= 11 is 0. The molecule has 156 valence electrons. The van der Waals surface area contributed by atoms with Gasteiger partial charge in [0.1, 0.15) is 23.7 Å². The molecule has 8 heteroatoms. The molecule has 1 atom stereocenters. The quantitative estimate of drug-likeness (QED) is 0.646. The largest absolute Gasteiger partial charge is 0.443 e. The Bertz CT molecular complexity index is 1140. The normalized spacial score (nSPS) is 18.7. The van der Waals surface area contributed by atoms with Crippen LogP contribution in [-0.2, 0) is 23.3 Å². The van der Waals surface area contributed by atoms with Crippen LogP contribution >= 0.6 is 0 Å². The van der Waals surface area contributed by atoms with Crippen LogP contribution in [0.2, 0.25) is 0 Å². The molecule has 0 saturated carbocycles. The number of hydrogen-bond acceptors (Lipinski definition) is 5. The molecule has 0 bridgehead atoms. The lowest BCUT2D eigenvalue weighted by molar-refractivity contribution is -0.136. The summed E-state index contributed by atoms with van der Waals surface area (Å²) in [5.74, 6) is 0.545. The number of hydrogen-bond donors (Lipinski definition) is 0. The molecule has 0 aliphatic carbocycles. The maximum atomic E-state index is 13.4. The van der Waals surface area contributed by atoms with Crippen LogP contribution in [0.25, 0.3) is 0 Å². The van der Waals surface area contributed by atoms with E-state index in [9.17, 15) is 14.0 Å². The second-order valence-corrected chi connectivity index (χ2v) is 7.83. The predicted octanol–water partition coefficient (Wildman–Crippen LogP) is 2.81.